The molecule has 1 aromatic heterocycles. The maximum Gasteiger partial charge on any atom is 0.206 e. The normalized spacial score (nSPS) is 25.5. The zero-order valence-corrected chi connectivity index (χ0v) is 15.8. The van der Waals surface area contributed by atoms with Crippen molar-refractivity contribution < 1.29 is 24.1 Å². The number of aliphatic hydroxyl groups is 1. The van der Waals surface area contributed by atoms with Crippen molar-refractivity contribution in [2.45, 2.75) is 25.0 Å². The third-order valence-corrected chi connectivity index (χ3v) is 5.77. The van der Waals surface area contributed by atoms with Gasteiger partial charge in [-0.1, -0.05) is 6.07 Å². The van der Waals surface area contributed by atoms with Gasteiger partial charge in [0.05, 0.1) is 25.1 Å². The van der Waals surface area contributed by atoms with E-state index in [4.69, 9.17) is 9.47 Å². The van der Waals surface area contributed by atoms with Crippen molar-refractivity contribution in [3.05, 3.63) is 48.0 Å². The molecular weight excluding hydrogens is 363 g/mol. The number of methoxy groups -OCH3 is 1. The van der Waals surface area contributed by atoms with E-state index in [2.05, 4.69) is 9.88 Å². The Balaban J connectivity index is 1.30. The number of rotatable bonds is 6. The predicted molar refractivity (Wildman–Crippen MR) is 101 cm³/mol. The maximum atomic E-state index is 14.3. The number of aromatic nitrogens is 1. The number of likely N-dealkylation sites (tertiary alicyclic amines) is 1. The summed E-state index contributed by atoms with van der Waals surface area (Å²) in [6.45, 7) is 2.29. The maximum absolute atomic E-state index is 14.3. The van der Waals surface area contributed by atoms with Crippen LogP contribution in [0.25, 0.3) is 0 Å². The van der Waals surface area contributed by atoms with Crippen LogP contribution in [0, 0.1) is 17.7 Å². The Hall–Kier alpha value is -2.38. The summed E-state index contributed by atoms with van der Waals surface area (Å²) in [7, 11) is 1.44. The number of halogens is 1. The molecule has 1 aromatic carbocycles. The van der Waals surface area contributed by atoms with Crippen LogP contribution in [-0.2, 0) is 0 Å². The van der Waals surface area contributed by atoms with Gasteiger partial charge in [-0.15, -0.1) is 0 Å². The summed E-state index contributed by atoms with van der Waals surface area (Å²) in [5, 5.41) is 19.7. The third kappa shape index (κ3) is 3.91. The van der Waals surface area contributed by atoms with Gasteiger partial charge in [0.1, 0.15) is 11.9 Å². The Labute approximate surface area is 163 Å². The van der Waals surface area contributed by atoms with Crippen molar-refractivity contribution in [3.63, 3.8) is 0 Å². The second kappa shape index (κ2) is 7.93. The van der Waals surface area contributed by atoms with Crippen LogP contribution in [0.15, 0.2) is 36.5 Å². The largest absolute Gasteiger partial charge is 0.506 e. The number of β-amino-alcohol motifs (C(OH)–C–C–N with tert-alkyl or cyclic N) is 1. The molecule has 150 valence electrons. The summed E-state index contributed by atoms with van der Waals surface area (Å²) < 4.78 is 25.2. The van der Waals surface area contributed by atoms with Gasteiger partial charge in [-0.2, -0.15) is 4.39 Å². The molecule has 2 N–H and O–H groups in total. The quantitative estimate of drug-likeness (QED) is 0.793. The molecule has 2 aromatic rings. The summed E-state index contributed by atoms with van der Waals surface area (Å²) in [6, 6.07) is 8.12. The topological polar surface area (TPSA) is 75.1 Å². The molecule has 1 saturated carbocycles. The molecule has 1 aliphatic heterocycles. The van der Waals surface area contributed by atoms with E-state index < -0.39 is 11.9 Å². The lowest BCUT2D eigenvalue weighted by Crippen LogP contribution is -2.29. The van der Waals surface area contributed by atoms with Gasteiger partial charge < -0.3 is 19.7 Å². The Morgan fingerprint density at radius 2 is 1.89 bits per heavy atom. The minimum atomic E-state index is -0.683. The van der Waals surface area contributed by atoms with Gasteiger partial charge in [0.15, 0.2) is 11.5 Å². The van der Waals surface area contributed by atoms with Crippen molar-refractivity contribution in [2.75, 3.05) is 26.7 Å². The number of hydrogen-bond acceptors (Lipinski definition) is 6. The van der Waals surface area contributed by atoms with Crippen LogP contribution >= 0.6 is 0 Å². The van der Waals surface area contributed by atoms with Gasteiger partial charge in [0, 0.05) is 19.6 Å². The average Bonchev–Trinajstić information content (AvgIpc) is 3.21. The molecule has 28 heavy (non-hydrogen) atoms. The zero-order chi connectivity index (χ0) is 19.7. The van der Waals surface area contributed by atoms with Crippen LogP contribution in [0.3, 0.4) is 0 Å². The number of pyridine rings is 1. The molecule has 2 unspecified atom stereocenters. The van der Waals surface area contributed by atoms with Crippen LogP contribution in [0.1, 0.15) is 24.6 Å². The number of hydrogen-bond donors (Lipinski definition) is 2. The van der Waals surface area contributed by atoms with Gasteiger partial charge in [0.25, 0.3) is 0 Å². The van der Waals surface area contributed by atoms with Gasteiger partial charge in [-0.05, 0) is 48.9 Å². The molecule has 7 heteroatoms. The minimum absolute atomic E-state index is 0.00226. The zero-order valence-electron chi connectivity index (χ0n) is 15.8. The number of nitrogens with zero attached hydrogens (tertiary/aromatic N) is 2. The molecule has 1 aliphatic carbocycles. The fourth-order valence-corrected chi connectivity index (χ4v) is 4.44. The van der Waals surface area contributed by atoms with Crippen LogP contribution in [0.4, 0.5) is 4.39 Å². The molecule has 0 radical (unpaired) electrons. The monoisotopic (exact) mass is 388 g/mol. The molecule has 6 nitrogen and oxygen atoms in total. The summed E-state index contributed by atoms with van der Waals surface area (Å²) >= 11 is 0. The lowest BCUT2D eigenvalue weighted by Gasteiger charge is -2.22. The fraction of sp³-hybridized carbons (Fsp3) is 0.476. The Bertz CT molecular complexity index is 803. The Morgan fingerprint density at radius 1 is 1.18 bits per heavy atom. The van der Waals surface area contributed by atoms with Crippen molar-refractivity contribution in [3.8, 4) is 17.2 Å². The smallest absolute Gasteiger partial charge is 0.206 e. The van der Waals surface area contributed by atoms with E-state index >= 15 is 0 Å². The number of aromatic hydroxyl groups is 1. The first-order valence-corrected chi connectivity index (χ1v) is 9.58. The molecule has 2 aliphatic rings. The highest BCUT2D eigenvalue weighted by Crippen LogP contribution is 2.41. The third-order valence-electron chi connectivity index (χ3n) is 5.77. The van der Waals surface area contributed by atoms with E-state index in [1.807, 2.05) is 0 Å². The van der Waals surface area contributed by atoms with E-state index in [-0.39, 0.29) is 23.4 Å². The summed E-state index contributed by atoms with van der Waals surface area (Å²) in [5.41, 5.74) is 0.560. The number of ether oxygens (including phenoxy) is 2. The first-order chi connectivity index (χ1) is 13.5. The molecule has 4 atom stereocenters. The van der Waals surface area contributed by atoms with Crippen molar-refractivity contribution >= 4 is 0 Å². The Morgan fingerprint density at radius 3 is 2.54 bits per heavy atom. The standard InChI is InChI=1S/C21H25FN2O4/c1-27-19-3-2-4-20(21(19)22)28-16-7-13-10-24(11-14(13)8-16)12-18(26)17-6-5-15(25)9-23-17/h2-6,9,13-14,16,18,25-26H,7-8,10-12H2,1H3/t13-,14+,16?,18?. The molecular formula is C21H25FN2O4. The molecule has 4 rings (SSSR count). The van der Waals surface area contributed by atoms with Gasteiger partial charge in [-0.25, -0.2) is 0 Å². The number of benzene rings is 1. The highest BCUT2D eigenvalue weighted by atomic mass is 19.1. The van der Waals surface area contributed by atoms with E-state index in [9.17, 15) is 14.6 Å². The van der Waals surface area contributed by atoms with Crippen molar-refractivity contribution in [2.24, 2.45) is 11.8 Å². The van der Waals surface area contributed by atoms with Crippen LogP contribution in [-0.4, -0.2) is 52.9 Å². The first kappa shape index (κ1) is 19.0. The predicted octanol–water partition coefficient (Wildman–Crippen LogP) is 2.76. The van der Waals surface area contributed by atoms with E-state index in [0.29, 0.717) is 24.1 Å². The second-order valence-electron chi connectivity index (χ2n) is 7.68. The highest BCUT2D eigenvalue weighted by molar-refractivity contribution is 5.35. The second-order valence-corrected chi connectivity index (χ2v) is 7.68. The van der Waals surface area contributed by atoms with Crippen LogP contribution in [0.2, 0.25) is 0 Å². The molecule has 2 heterocycles. The van der Waals surface area contributed by atoms with Crippen LogP contribution in [0.5, 0.6) is 17.2 Å². The molecule has 0 spiro atoms. The lowest BCUT2D eigenvalue weighted by molar-refractivity contribution is 0.112. The van der Waals surface area contributed by atoms with Crippen molar-refractivity contribution in [1.82, 2.24) is 9.88 Å². The van der Waals surface area contributed by atoms with Gasteiger partial charge in [-0.3, -0.25) is 9.88 Å². The SMILES string of the molecule is COc1cccc(OC2C[C@@H]3CN(CC(O)c4ccc(O)cn4)C[C@@H]3C2)c1F. The summed E-state index contributed by atoms with van der Waals surface area (Å²) in [6.07, 6.45) is 2.42. The molecule has 0 amide bonds. The summed E-state index contributed by atoms with van der Waals surface area (Å²) in [4.78, 5) is 6.33. The minimum Gasteiger partial charge on any atom is -0.506 e. The van der Waals surface area contributed by atoms with Gasteiger partial charge >= 0.3 is 0 Å². The molecule has 0 bridgehead atoms. The molecule has 1 saturated heterocycles. The first-order valence-electron chi connectivity index (χ1n) is 9.58. The number of fused-ring (bicyclic) bond motifs is 1. The average molecular weight is 388 g/mol. The highest BCUT2D eigenvalue weighted by Gasteiger charge is 2.42. The van der Waals surface area contributed by atoms with Gasteiger partial charge in [0.2, 0.25) is 5.82 Å². The lowest BCUT2D eigenvalue weighted by atomic mass is 10.0. The van der Waals surface area contributed by atoms with E-state index in [1.165, 1.54) is 19.4 Å². The van der Waals surface area contributed by atoms with E-state index in [1.54, 1.807) is 24.3 Å². The van der Waals surface area contributed by atoms with Crippen LogP contribution < -0.4 is 9.47 Å². The van der Waals surface area contributed by atoms with Crippen molar-refractivity contribution in [1.29, 1.82) is 0 Å². The molecule has 2 fully saturated rings. The number of aliphatic hydroxyl groups excluding tert-OH is 1. The van der Waals surface area contributed by atoms with E-state index in [0.717, 1.165) is 25.9 Å². The fourth-order valence-electron chi connectivity index (χ4n) is 4.44. The Kier molecular flexibility index (Phi) is 5.37. The summed E-state index contributed by atoms with van der Waals surface area (Å²) in [5.74, 6) is 1.05.